The van der Waals surface area contributed by atoms with E-state index in [0.29, 0.717) is 67.3 Å². The summed E-state index contributed by atoms with van der Waals surface area (Å²) in [6.07, 6.45) is 8.20. The first-order valence-electron chi connectivity index (χ1n) is 15.9. The number of fused-ring (bicyclic) bond motifs is 4. The zero-order chi connectivity index (χ0) is 33.5. The van der Waals surface area contributed by atoms with Gasteiger partial charge >= 0.3 is 6.03 Å². The first-order chi connectivity index (χ1) is 22.2. The number of pyridine rings is 2. The van der Waals surface area contributed by atoms with Crippen molar-refractivity contribution < 1.29 is 24.3 Å². The van der Waals surface area contributed by atoms with E-state index in [2.05, 4.69) is 26.7 Å². The molecule has 246 valence electrons. The summed E-state index contributed by atoms with van der Waals surface area (Å²) in [4.78, 5) is 60.2. The smallest absolute Gasteiger partial charge is 0.328 e. The van der Waals surface area contributed by atoms with Crippen LogP contribution in [0.2, 0.25) is 0 Å². The number of hydrogen-bond donors (Lipinski definition) is 3. The number of nitrogens with one attached hydrogen (secondary N) is 2. The number of carbonyl (C=O) groups excluding carboxylic acids is 4. The highest BCUT2D eigenvalue weighted by Crippen LogP contribution is 2.48. The number of rotatable bonds is 6. The highest BCUT2D eigenvalue weighted by Gasteiger charge is 2.47. The Morgan fingerprint density at radius 2 is 1.83 bits per heavy atom. The van der Waals surface area contributed by atoms with Gasteiger partial charge in [-0.25, -0.2) is 14.8 Å². The summed E-state index contributed by atoms with van der Waals surface area (Å²) in [5, 5.41) is 26.7. The van der Waals surface area contributed by atoms with Crippen LogP contribution in [0.3, 0.4) is 0 Å². The van der Waals surface area contributed by atoms with Crippen LogP contribution in [0.15, 0.2) is 18.3 Å². The minimum absolute atomic E-state index is 0.0104. The van der Waals surface area contributed by atoms with Gasteiger partial charge in [-0.3, -0.25) is 24.7 Å². The molecule has 2 aromatic rings. The lowest BCUT2D eigenvalue weighted by molar-refractivity contribution is -0.136. The molecule has 46 heavy (non-hydrogen) atoms. The number of anilines is 3. The summed E-state index contributed by atoms with van der Waals surface area (Å²) < 4.78 is 0. The van der Waals surface area contributed by atoms with Gasteiger partial charge in [-0.2, -0.15) is 5.26 Å². The van der Waals surface area contributed by atoms with E-state index in [-0.39, 0.29) is 17.1 Å². The molecule has 3 amide bonds. The van der Waals surface area contributed by atoms with Gasteiger partial charge in [0.2, 0.25) is 5.91 Å². The van der Waals surface area contributed by atoms with E-state index >= 15 is 0 Å². The first-order valence-corrected chi connectivity index (χ1v) is 15.9. The molecule has 0 aromatic carbocycles. The second-order valence-electron chi connectivity index (χ2n) is 12.2. The van der Waals surface area contributed by atoms with Crippen LogP contribution in [-0.2, 0) is 22.6 Å². The van der Waals surface area contributed by atoms with Crippen LogP contribution < -0.4 is 15.5 Å². The van der Waals surface area contributed by atoms with Crippen molar-refractivity contribution >= 4 is 42.3 Å². The highest BCUT2D eigenvalue weighted by atomic mass is 16.3. The number of hydrogen-bond acceptors (Lipinski definition) is 10. The summed E-state index contributed by atoms with van der Waals surface area (Å²) in [7, 11) is 1.91. The largest absolute Gasteiger partial charge is 0.390 e. The first kappa shape index (κ1) is 34.5. The average molecular weight is 633 g/mol. The molecule has 2 aliphatic heterocycles. The van der Waals surface area contributed by atoms with Crippen LogP contribution in [0.5, 0.6) is 0 Å². The zero-order valence-corrected chi connectivity index (χ0v) is 27.0. The van der Waals surface area contributed by atoms with Crippen molar-refractivity contribution in [2.45, 2.75) is 82.9 Å². The molecule has 3 saturated carbocycles. The van der Waals surface area contributed by atoms with Crippen molar-refractivity contribution in [1.29, 1.82) is 5.26 Å². The van der Waals surface area contributed by atoms with Gasteiger partial charge in [0, 0.05) is 49.5 Å². The number of piperazine rings is 1. The Kier molecular flexibility index (Phi) is 11.1. The third-order valence-corrected chi connectivity index (χ3v) is 9.37. The Hall–Kier alpha value is -4.41. The molecule has 0 spiro atoms. The lowest BCUT2D eigenvalue weighted by Gasteiger charge is -2.51. The van der Waals surface area contributed by atoms with E-state index < -0.39 is 11.6 Å². The lowest BCUT2D eigenvalue weighted by Crippen LogP contribution is -2.53. The van der Waals surface area contributed by atoms with Gasteiger partial charge in [-0.15, -0.1) is 0 Å². The Morgan fingerprint density at radius 3 is 2.46 bits per heavy atom. The maximum Gasteiger partial charge on any atom is 0.328 e. The molecule has 0 unspecified atom stereocenters. The number of aldehydes is 1. The molecule has 2 bridgehead atoms. The van der Waals surface area contributed by atoms with Crippen molar-refractivity contribution in [3.8, 4) is 6.07 Å². The zero-order valence-electron chi connectivity index (χ0n) is 27.0. The molecular weight excluding hydrogens is 588 g/mol. The molecule has 0 atom stereocenters. The van der Waals surface area contributed by atoms with Crippen molar-refractivity contribution in [3.05, 3.63) is 40.7 Å². The molecule has 3 N–H and O–H groups in total. The average Bonchev–Trinajstić information content (AvgIpc) is 3.08. The van der Waals surface area contributed by atoms with Crippen LogP contribution in [0.25, 0.3) is 0 Å². The van der Waals surface area contributed by atoms with E-state index in [1.165, 1.54) is 11.1 Å². The van der Waals surface area contributed by atoms with Crippen molar-refractivity contribution in [2.75, 3.05) is 48.8 Å². The number of aromatic nitrogens is 2. The molecule has 0 radical (unpaired) electrons. The number of urea groups is 1. The fraction of sp³-hybridized carbons (Fsp3) is 0.545. The Balaban J connectivity index is 0.00000116. The number of aryl methyl sites for hydroxylation is 1. The van der Waals surface area contributed by atoms with Crippen LogP contribution in [0.1, 0.15) is 86.0 Å². The van der Waals surface area contributed by atoms with Gasteiger partial charge in [-0.1, -0.05) is 13.8 Å². The predicted molar refractivity (Wildman–Crippen MR) is 174 cm³/mol. The Bertz CT molecular complexity index is 1470. The molecule has 13 heteroatoms. The summed E-state index contributed by atoms with van der Waals surface area (Å²) in [5.74, 6) is 0.738. The van der Waals surface area contributed by atoms with Crippen molar-refractivity contribution in [1.82, 2.24) is 19.8 Å². The molecule has 4 fully saturated rings. The summed E-state index contributed by atoms with van der Waals surface area (Å²) in [5.41, 5.74) is 1.99. The molecule has 7 rings (SSSR count). The minimum atomic E-state index is -0.565. The van der Waals surface area contributed by atoms with Gasteiger partial charge < -0.3 is 20.1 Å². The van der Waals surface area contributed by atoms with E-state index in [9.17, 15) is 24.8 Å². The van der Waals surface area contributed by atoms with Gasteiger partial charge in [0.25, 0.3) is 0 Å². The fourth-order valence-electron chi connectivity index (χ4n) is 6.72. The maximum absolute atomic E-state index is 13.5. The molecule has 5 aliphatic rings. The number of aliphatic hydroxyl groups is 1. The number of nitrogens with zero attached hydrogens (tertiary/aromatic N) is 6. The molecule has 13 nitrogen and oxygen atoms in total. The summed E-state index contributed by atoms with van der Waals surface area (Å²) >= 11 is 0. The minimum Gasteiger partial charge on any atom is -0.390 e. The van der Waals surface area contributed by atoms with Crippen molar-refractivity contribution in [2.24, 2.45) is 0 Å². The van der Waals surface area contributed by atoms with Crippen LogP contribution in [0.4, 0.5) is 22.1 Å². The Morgan fingerprint density at radius 1 is 1.13 bits per heavy atom. The third kappa shape index (κ3) is 7.35. The quantitative estimate of drug-likeness (QED) is 0.400. The summed E-state index contributed by atoms with van der Waals surface area (Å²) in [6.45, 7) is 8.41. The molecule has 4 heterocycles. The third-order valence-electron chi connectivity index (χ3n) is 9.37. The second kappa shape index (κ2) is 14.8. The van der Waals surface area contributed by atoms with Gasteiger partial charge in [0.15, 0.2) is 6.29 Å². The topological polar surface area (TPSA) is 172 Å². The van der Waals surface area contributed by atoms with Gasteiger partial charge in [0.1, 0.15) is 30.2 Å². The SMILES string of the molecule is C=O.CC.CN1CCN(Cc2cc3c(nc2C=O)N(C(=O)Nc2cc(NC45CCC(O)(CC4)CC5)c(C#N)cn2)CCC3)C(=O)C1. The monoisotopic (exact) mass is 632 g/mol. The summed E-state index contributed by atoms with van der Waals surface area (Å²) in [6, 6.07) is 5.34. The van der Waals surface area contributed by atoms with Crippen molar-refractivity contribution in [3.63, 3.8) is 0 Å². The molecule has 1 saturated heterocycles. The van der Waals surface area contributed by atoms with Gasteiger partial charge in [-0.05, 0) is 70.0 Å². The van der Waals surface area contributed by atoms with Gasteiger partial charge in [0.05, 0.1) is 23.4 Å². The van der Waals surface area contributed by atoms with E-state index in [1.54, 1.807) is 11.0 Å². The predicted octanol–water partition coefficient (Wildman–Crippen LogP) is 3.51. The van der Waals surface area contributed by atoms with Crippen LogP contribution in [-0.4, -0.2) is 94.3 Å². The van der Waals surface area contributed by atoms with Crippen LogP contribution >= 0.6 is 0 Å². The molecule has 3 aliphatic carbocycles. The normalized spacial score (nSPS) is 23.5. The number of likely N-dealkylation sites (N-methyl/N-ethyl adjacent to an activating group) is 1. The highest BCUT2D eigenvalue weighted by molar-refractivity contribution is 6.02. The number of carbonyl (C=O) groups is 4. The van der Waals surface area contributed by atoms with Crippen LogP contribution in [0, 0.1) is 11.3 Å². The standard InChI is InChI=1S/C30H36N8O4.C2H6.CH2O/c1-36-11-12-37(26(40)18-36)17-21-13-20-3-2-10-38(27(20)33-24(21)19-39)28(41)34-25-14-23(22(15-31)16-32-25)35-29-4-7-30(42,8-5-29)9-6-29;2*1-2/h13-14,16,19,42H,2-12,17-18H2,1H3,(H2,32,34,35,41);1-2H3;1H2. The molecule has 2 aromatic heterocycles. The second-order valence-corrected chi connectivity index (χ2v) is 12.2. The maximum atomic E-state index is 13.5. The molecular formula is C33H44N8O5. The van der Waals surface area contributed by atoms with E-state index in [0.717, 1.165) is 57.1 Å². The number of nitriles is 1. The lowest BCUT2D eigenvalue weighted by atomic mass is 9.63. The van der Waals surface area contributed by atoms with E-state index in [1.807, 2.05) is 38.7 Å². The number of amides is 3. The fourth-order valence-corrected chi connectivity index (χ4v) is 6.72. The Labute approximate surface area is 270 Å². The van der Waals surface area contributed by atoms with E-state index in [4.69, 9.17) is 4.79 Å².